The van der Waals surface area contributed by atoms with E-state index in [9.17, 15) is 9.59 Å². The van der Waals surface area contributed by atoms with Gasteiger partial charge in [0.15, 0.2) is 0 Å². The number of aliphatic hydroxyl groups excluding tert-OH is 1. The van der Waals surface area contributed by atoms with E-state index in [2.05, 4.69) is 26.1 Å². The van der Waals surface area contributed by atoms with Gasteiger partial charge in [0.25, 0.3) is 0 Å². The van der Waals surface area contributed by atoms with Crippen molar-refractivity contribution >= 4 is 27.8 Å². The highest BCUT2D eigenvalue weighted by Crippen LogP contribution is 2.35. The number of fused-ring (bicyclic) bond motifs is 2. The Morgan fingerprint density at radius 3 is 2.61 bits per heavy atom. The van der Waals surface area contributed by atoms with Crippen molar-refractivity contribution in [3.63, 3.8) is 0 Å². The third-order valence-electron chi connectivity index (χ3n) is 5.05. The number of aryl methyl sites for hydroxylation is 1. The highest BCUT2D eigenvalue weighted by molar-refractivity contribution is 5.96. The van der Waals surface area contributed by atoms with Gasteiger partial charge < -0.3 is 19.3 Å². The zero-order valence-corrected chi connectivity index (χ0v) is 16.8. The van der Waals surface area contributed by atoms with Crippen LogP contribution in [0.2, 0.25) is 0 Å². The van der Waals surface area contributed by atoms with Crippen molar-refractivity contribution < 1.29 is 18.7 Å². The monoisotopic (exact) mass is 385 g/mol. The van der Waals surface area contributed by atoms with Crippen LogP contribution in [-0.2, 0) is 16.6 Å². The quantitative estimate of drug-likeness (QED) is 0.500. The predicted octanol–water partition coefficient (Wildman–Crippen LogP) is 3.58. The summed E-state index contributed by atoms with van der Waals surface area (Å²) in [6.07, 6.45) is 2.78. The zero-order chi connectivity index (χ0) is 20.5. The zero-order valence-electron chi connectivity index (χ0n) is 16.8. The number of amides is 1. The normalized spacial score (nSPS) is 12.0. The van der Waals surface area contributed by atoms with E-state index in [4.69, 9.17) is 13.9 Å². The summed E-state index contributed by atoms with van der Waals surface area (Å²) >= 11 is 0. The maximum atomic E-state index is 12.5. The fourth-order valence-corrected chi connectivity index (χ4v) is 3.41. The van der Waals surface area contributed by atoms with Gasteiger partial charge in [-0.2, -0.15) is 0 Å². The highest BCUT2D eigenvalue weighted by Gasteiger charge is 2.21. The molecule has 3 aromatic rings. The number of furan rings is 1. The largest absolute Gasteiger partial charge is 0.464 e. The van der Waals surface area contributed by atoms with Gasteiger partial charge in [0, 0.05) is 47.5 Å². The minimum absolute atomic E-state index is 0.0344. The first-order chi connectivity index (χ1) is 13.2. The molecule has 0 aliphatic carbocycles. The van der Waals surface area contributed by atoms with E-state index < -0.39 is 5.63 Å². The number of carbonyl (C=O) groups is 1. The molecule has 2 heterocycles. The fourth-order valence-electron chi connectivity index (χ4n) is 3.41. The molecule has 150 valence electrons. The van der Waals surface area contributed by atoms with Gasteiger partial charge in [-0.1, -0.05) is 20.8 Å². The summed E-state index contributed by atoms with van der Waals surface area (Å²) < 4.78 is 11.2. The van der Waals surface area contributed by atoms with Gasteiger partial charge in [0.1, 0.15) is 11.2 Å². The summed E-state index contributed by atoms with van der Waals surface area (Å²) in [6, 6.07) is 3.78. The Morgan fingerprint density at radius 2 is 1.93 bits per heavy atom. The Kier molecular flexibility index (Phi) is 5.61. The average molecular weight is 385 g/mol. The van der Waals surface area contributed by atoms with Gasteiger partial charge in [-0.05, 0) is 36.8 Å². The molecule has 1 aromatic carbocycles. The summed E-state index contributed by atoms with van der Waals surface area (Å²) in [5.74, 6) is -0.146. The standard InChI is InChI=1S/C22H27NO5/c1-13-14(6-7-20(25)23-8-5-9-24)21(26)28-19-11-18-16(10-15(13)19)17(12-27-18)22(2,3)4/h10-12,24H,5-9H2,1-4H3,(H,23,25). The summed E-state index contributed by atoms with van der Waals surface area (Å²) in [4.78, 5) is 24.4. The minimum atomic E-state index is -0.421. The van der Waals surface area contributed by atoms with Crippen molar-refractivity contribution in [3.05, 3.63) is 45.5 Å². The molecule has 0 spiro atoms. The SMILES string of the molecule is Cc1c(CCC(=O)NCCCO)c(=O)oc2cc3occ(C(C)(C)C)c3cc12. The molecule has 2 aromatic heterocycles. The molecule has 6 nitrogen and oxygen atoms in total. The Bertz CT molecular complexity index is 1070. The maximum Gasteiger partial charge on any atom is 0.339 e. The Hall–Kier alpha value is -2.60. The summed E-state index contributed by atoms with van der Waals surface area (Å²) in [7, 11) is 0. The predicted molar refractivity (Wildman–Crippen MR) is 109 cm³/mol. The molecule has 0 bridgehead atoms. The maximum absolute atomic E-state index is 12.5. The smallest absolute Gasteiger partial charge is 0.339 e. The number of aliphatic hydroxyl groups is 1. The van der Waals surface area contributed by atoms with Crippen LogP contribution < -0.4 is 10.9 Å². The lowest BCUT2D eigenvalue weighted by atomic mass is 9.86. The van der Waals surface area contributed by atoms with Gasteiger partial charge >= 0.3 is 5.63 Å². The summed E-state index contributed by atoms with van der Waals surface area (Å²) in [6.45, 7) is 8.73. The van der Waals surface area contributed by atoms with Gasteiger partial charge in [-0.3, -0.25) is 4.79 Å². The number of rotatable bonds is 6. The molecule has 1 amide bonds. The molecule has 0 unspecified atom stereocenters. The number of nitrogens with one attached hydrogen (secondary N) is 1. The fraction of sp³-hybridized carbons (Fsp3) is 0.455. The van der Waals surface area contributed by atoms with Gasteiger partial charge in [-0.15, -0.1) is 0 Å². The molecule has 0 saturated heterocycles. The Balaban J connectivity index is 1.97. The Morgan fingerprint density at radius 1 is 1.18 bits per heavy atom. The second-order valence-corrected chi connectivity index (χ2v) is 8.16. The third-order valence-corrected chi connectivity index (χ3v) is 5.05. The average Bonchev–Trinajstić information content (AvgIpc) is 3.03. The minimum Gasteiger partial charge on any atom is -0.464 e. The van der Waals surface area contributed by atoms with Crippen LogP contribution in [0.5, 0.6) is 0 Å². The van der Waals surface area contributed by atoms with Crippen LogP contribution in [0.4, 0.5) is 0 Å². The highest BCUT2D eigenvalue weighted by atomic mass is 16.4. The lowest BCUT2D eigenvalue weighted by Gasteiger charge is -2.16. The van der Waals surface area contributed by atoms with Crippen LogP contribution >= 0.6 is 0 Å². The topological polar surface area (TPSA) is 92.7 Å². The van der Waals surface area contributed by atoms with Crippen LogP contribution in [0, 0.1) is 6.92 Å². The van der Waals surface area contributed by atoms with E-state index in [1.54, 1.807) is 12.3 Å². The van der Waals surface area contributed by atoms with Crippen molar-refractivity contribution in [1.82, 2.24) is 5.32 Å². The number of benzene rings is 1. The molecule has 28 heavy (non-hydrogen) atoms. The molecule has 0 radical (unpaired) electrons. The van der Waals surface area contributed by atoms with Gasteiger partial charge in [0.2, 0.25) is 5.91 Å². The van der Waals surface area contributed by atoms with Gasteiger partial charge in [0.05, 0.1) is 6.26 Å². The molecule has 0 saturated carbocycles. The van der Waals surface area contributed by atoms with E-state index in [0.717, 1.165) is 21.9 Å². The van der Waals surface area contributed by atoms with Crippen molar-refractivity contribution in [1.29, 1.82) is 0 Å². The van der Waals surface area contributed by atoms with Crippen molar-refractivity contribution in [3.8, 4) is 0 Å². The molecule has 0 fully saturated rings. The van der Waals surface area contributed by atoms with E-state index in [1.807, 2.05) is 13.0 Å². The van der Waals surface area contributed by atoms with Crippen LogP contribution in [0.25, 0.3) is 21.9 Å². The van der Waals surface area contributed by atoms with Crippen LogP contribution in [-0.4, -0.2) is 24.2 Å². The first-order valence-electron chi connectivity index (χ1n) is 9.58. The number of carbonyl (C=O) groups excluding carboxylic acids is 1. The van der Waals surface area contributed by atoms with Gasteiger partial charge in [-0.25, -0.2) is 4.79 Å². The van der Waals surface area contributed by atoms with E-state index >= 15 is 0 Å². The molecule has 2 N–H and O–H groups in total. The summed E-state index contributed by atoms with van der Waals surface area (Å²) in [5.41, 5.74) is 3.13. The van der Waals surface area contributed by atoms with Crippen LogP contribution in [0.3, 0.4) is 0 Å². The first-order valence-corrected chi connectivity index (χ1v) is 9.58. The molecule has 0 aliphatic rings. The van der Waals surface area contributed by atoms with Crippen molar-refractivity contribution in [2.24, 2.45) is 0 Å². The van der Waals surface area contributed by atoms with Crippen LogP contribution in [0.1, 0.15) is 50.3 Å². The number of hydrogen-bond donors (Lipinski definition) is 2. The van der Waals surface area contributed by atoms with Crippen molar-refractivity contribution in [2.45, 2.75) is 52.4 Å². The Labute approximate surface area is 163 Å². The van der Waals surface area contributed by atoms with E-state index in [1.165, 1.54) is 0 Å². The number of hydrogen-bond acceptors (Lipinski definition) is 5. The van der Waals surface area contributed by atoms with Crippen molar-refractivity contribution in [2.75, 3.05) is 13.2 Å². The van der Waals surface area contributed by atoms with Crippen LogP contribution in [0.15, 0.2) is 32.0 Å². The molecule has 3 rings (SSSR count). The van der Waals surface area contributed by atoms with E-state index in [0.29, 0.717) is 36.1 Å². The first kappa shape index (κ1) is 20.1. The lowest BCUT2D eigenvalue weighted by molar-refractivity contribution is -0.121. The third kappa shape index (κ3) is 3.97. The molecule has 0 aliphatic heterocycles. The molecular weight excluding hydrogens is 358 g/mol. The second-order valence-electron chi connectivity index (χ2n) is 8.16. The lowest BCUT2D eigenvalue weighted by Crippen LogP contribution is -2.26. The summed E-state index contributed by atoms with van der Waals surface area (Å²) in [5, 5.41) is 13.4. The molecular formula is C22H27NO5. The second kappa shape index (κ2) is 7.80. The molecule has 6 heteroatoms. The van der Waals surface area contributed by atoms with E-state index in [-0.39, 0.29) is 24.3 Å². The molecule has 0 atom stereocenters.